The van der Waals surface area contributed by atoms with E-state index in [0.717, 1.165) is 42.9 Å². The van der Waals surface area contributed by atoms with Crippen molar-refractivity contribution in [3.63, 3.8) is 0 Å². The van der Waals surface area contributed by atoms with E-state index in [0.29, 0.717) is 24.9 Å². The molecule has 4 rings (SSSR count). The second kappa shape index (κ2) is 7.84. The number of carbonyl (C=O) groups excluding carboxylic acids is 3. The lowest BCUT2D eigenvalue weighted by Crippen LogP contribution is -2.25. The normalized spacial score (nSPS) is 16.7. The number of nitrogens with zero attached hydrogens (tertiary/aromatic N) is 2. The maximum Gasteiger partial charge on any atom is 0.251 e. The van der Waals surface area contributed by atoms with Gasteiger partial charge in [-0.1, -0.05) is 12.1 Å². The summed E-state index contributed by atoms with van der Waals surface area (Å²) in [6.45, 7) is 1.88. The van der Waals surface area contributed by atoms with Crippen LogP contribution in [0, 0.1) is 0 Å². The van der Waals surface area contributed by atoms with Crippen molar-refractivity contribution >= 4 is 29.1 Å². The van der Waals surface area contributed by atoms with Gasteiger partial charge in [-0.2, -0.15) is 0 Å². The zero-order chi connectivity index (χ0) is 19.5. The average molecular weight is 377 g/mol. The molecule has 6 nitrogen and oxygen atoms in total. The highest BCUT2D eigenvalue weighted by atomic mass is 16.2. The fourth-order valence-electron chi connectivity index (χ4n) is 3.75. The molecule has 0 unspecified atom stereocenters. The van der Waals surface area contributed by atoms with Crippen LogP contribution in [0.1, 0.15) is 41.6 Å². The topological polar surface area (TPSA) is 69.7 Å². The van der Waals surface area contributed by atoms with E-state index in [1.807, 2.05) is 36.4 Å². The molecular formula is C22H23N3O3. The molecule has 2 aromatic carbocycles. The van der Waals surface area contributed by atoms with Crippen LogP contribution >= 0.6 is 0 Å². The first-order chi connectivity index (χ1) is 13.6. The Morgan fingerprint density at radius 1 is 0.857 bits per heavy atom. The third-order valence-electron chi connectivity index (χ3n) is 5.26. The van der Waals surface area contributed by atoms with Gasteiger partial charge in [-0.05, 0) is 54.8 Å². The van der Waals surface area contributed by atoms with Gasteiger partial charge in [0.05, 0.1) is 0 Å². The molecule has 0 aromatic heterocycles. The smallest absolute Gasteiger partial charge is 0.251 e. The monoisotopic (exact) mass is 377 g/mol. The summed E-state index contributed by atoms with van der Waals surface area (Å²) in [5.41, 5.74) is 3.22. The Kier molecular flexibility index (Phi) is 5.10. The van der Waals surface area contributed by atoms with Gasteiger partial charge in [0.1, 0.15) is 0 Å². The number of nitrogens with one attached hydrogen (secondary N) is 1. The minimum Gasteiger partial charge on any atom is -0.348 e. The van der Waals surface area contributed by atoms with Crippen LogP contribution in [0.4, 0.5) is 11.4 Å². The lowest BCUT2D eigenvalue weighted by molar-refractivity contribution is -0.117. The van der Waals surface area contributed by atoms with E-state index in [1.54, 1.807) is 21.9 Å². The van der Waals surface area contributed by atoms with Crippen molar-refractivity contribution in [1.29, 1.82) is 0 Å². The van der Waals surface area contributed by atoms with Gasteiger partial charge in [0, 0.05) is 49.4 Å². The summed E-state index contributed by atoms with van der Waals surface area (Å²) >= 11 is 0. The van der Waals surface area contributed by atoms with Gasteiger partial charge in [0.25, 0.3) is 5.91 Å². The number of carbonyl (C=O) groups is 3. The average Bonchev–Trinajstić information content (AvgIpc) is 3.34. The van der Waals surface area contributed by atoms with Crippen molar-refractivity contribution in [1.82, 2.24) is 5.32 Å². The van der Waals surface area contributed by atoms with Crippen molar-refractivity contribution in [2.75, 3.05) is 22.9 Å². The molecule has 0 atom stereocenters. The Bertz CT molecular complexity index is 907. The van der Waals surface area contributed by atoms with Crippen molar-refractivity contribution in [2.24, 2.45) is 0 Å². The molecule has 2 heterocycles. The number of hydrogen-bond acceptors (Lipinski definition) is 3. The van der Waals surface area contributed by atoms with Crippen LogP contribution in [-0.4, -0.2) is 30.8 Å². The van der Waals surface area contributed by atoms with Crippen LogP contribution in [0.2, 0.25) is 0 Å². The lowest BCUT2D eigenvalue weighted by Gasteiger charge is -2.17. The van der Waals surface area contributed by atoms with Gasteiger partial charge in [-0.25, -0.2) is 0 Å². The summed E-state index contributed by atoms with van der Waals surface area (Å²) in [5, 5.41) is 2.92. The zero-order valence-corrected chi connectivity index (χ0v) is 15.7. The van der Waals surface area contributed by atoms with Gasteiger partial charge < -0.3 is 15.1 Å². The Morgan fingerprint density at radius 2 is 1.50 bits per heavy atom. The fraction of sp³-hybridized carbons (Fsp3) is 0.318. The van der Waals surface area contributed by atoms with Crippen LogP contribution in [0.25, 0.3) is 0 Å². The molecule has 2 fully saturated rings. The first kappa shape index (κ1) is 18.2. The molecule has 3 amide bonds. The van der Waals surface area contributed by atoms with Gasteiger partial charge >= 0.3 is 0 Å². The summed E-state index contributed by atoms with van der Waals surface area (Å²) in [5.74, 6) is 0.119. The Morgan fingerprint density at radius 3 is 2.11 bits per heavy atom. The Balaban J connectivity index is 1.38. The molecule has 2 aromatic rings. The van der Waals surface area contributed by atoms with Gasteiger partial charge in [0.15, 0.2) is 0 Å². The zero-order valence-electron chi connectivity index (χ0n) is 15.7. The quantitative estimate of drug-likeness (QED) is 0.871. The van der Waals surface area contributed by atoms with E-state index in [-0.39, 0.29) is 17.7 Å². The number of anilines is 2. The molecule has 1 N–H and O–H groups in total. The molecule has 0 saturated carbocycles. The summed E-state index contributed by atoms with van der Waals surface area (Å²) < 4.78 is 0. The second-order valence-electron chi connectivity index (χ2n) is 7.20. The van der Waals surface area contributed by atoms with Crippen molar-refractivity contribution in [2.45, 2.75) is 32.2 Å². The minimum atomic E-state index is -0.165. The summed E-state index contributed by atoms with van der Waals surface area (Å²) in [6.07, 6.45) is 2.95. The predicted molar refractivity (Wildman–Crippen MR) is 107 cm³/mol. The number of rotatable bonds is 5. The first-order valence-electron chi connectivity index (χ1n) is 9.70. The van der Waals surface area contributed by atoms with Crippen LogP contribution in [0.3, 0.4) is 0 Å². The molecule has 2 aliphatic heterocycles. The molecule has 2 saturated heterocycles. The SMILES string of the molecule is O=C(NCc1cccc(N2CCCC2=O)c1)c1ccc(N2CCCC2=O)cc1. The Hall–Kier alpha value is -3.15. The third kappa shape index (κ3) is 3.76. The highest BCUT2D eigenvalue weighted by molar-refractivity contribution is 5.98. The van der Waals surface area contributed by atoms with Crippen LogP contribution in [0.5, 0.6) is 0 Å². The van der Waals surface area contributed by atoms with Gasteiger partial charge in [-0.3, -0.25) is 14.4 Å². The second-order valence-corrected chi connectivity index (χ2v) is 7.20. The molecule has 0 radical (unpaired) electrons. The molecule has 2 aliphatic rings. The van der Waals surface area contributed by atoms with Gasteiger partial charge in [-0.15, -0.1) is 0 Å². The van der Waals surface area contributed by atoms with Crippen LogP contribution < -0.4 is 15.1 Å². The molecular weight excluding hydrogens is 354 g/mol. The molecule has 6 heteroatoms. The highest BCUT2D eigenvalue weighted by Gasteiger charge is 2.22. The van der Waals surface area contributed by atoms with Crippen molar-refractivity contribution in [3.8, 4) is 0 Å². The summed E-state index contributed by atoms with van der Waals surface area (Å²) in [6, 6.07) is 14.8. The molecule has 0 spiro atoms. The standard InChI is InChI=1S/C22H23N3O3/c26-20-6-2-12-24(20)18-10-8-17(9-11-18)22(28)23-15-16-4-1-5-19(14-16)25-13-3-7-21(25)27/h1,4-5,8-11,14H,2-3,6-7,12-13,15H2,(H,23,28). The molecule has 0 aliphatic carbocycles. The fourth-order valence-corrected chi connectivity index (χ4v) is 3.75. The van der Waals surface area contributed by atoms with E-state index >= 15 is 0 Å². The van der Waals surface area contributed by atoms with Crippen LogP contribution in [-0.2, 0) is 16.1 Å². The number of benzene rings is 2. The number of hydrogen-bond donors (Lipinski definition) is 1. The summed E-state index contributed by atoms with van der Waals surface area (Å²) in [7, 11) is 0. The third-order valence-corrected chi connectivity index (χ3v) is 5.26. The largest absolute Gasteiger partial charge is 0.348 e. The lowest BCUT2D eigenvalue weighted by atomic mass is 10.1. The molecule has 0 bridgehead atoms. The predicted octanol–water partition coefficient (Wildman–Crippen LogP) is 2.87. The highest BCUT2D eigenvalue weighted by Crippen LogP contribution is 2.23. The van der Waals surface area contributed by atoms with Crippen molar-refractivity contribution in [3.05, 3.63) is 59.7 Å². The van der Waals surface area contributed by atoms with E-state index in [4.69, 9.17) is 0 Å². The maximum absolute atomic E-state index is 12.5. The molecule has 28 heavy (non-hydrogen) atoms. The van der Waals surface area contributed by atoms with Crippen LogP contribution in [0.15, 0.2) is 48.5 Å². The molecule has 144 valence electrons. The Labute approximate surface area is 164 Å². The van der Waals surface area contributed by atoms with E-state index in [1.165, 1.54) is 0 Å². The maximum atomic E-state index is 12.5. The minimum absolute atomic E-state index is 0.133. The first-order valence-corrected chi connectivity index (χ1v) is 9.70. The van der Waals surface area contributed by atoms with E-state index in [9.17, 15) is 14.4 Å². The summed E-state index contributed by atoms with van der Waals surface area (Å²) in [4.78, 5) is 39.7. The van der Waals surface area contributed by atoms with Crippen molar-refractivity contribution < 1.29 is 14.4 Å². The number of amides is 3. The van der Waals surface area contributed by atoms with Gasteiger partial charge in [0.2, 0.25) is 11.8 Å². The van der Waals surface area contributed by atoms with E-state index < -0.39 is 0 Å². The van der Waals surface area contributed by atoms with E-state index in [2.05, 4.69) is 5.32 Å².